The smallest absolute Gasteiger partial charge is 0.243 e. The highest BCUT2D eigenvalue weighted by molar-refractivity contribution is 7.12. The summed E-state index contributed by atoms with van der Waals surface area (Å²) < 4.78 is 0. The summed E-state index contributed by atoms with van der Waals surface area (Å²) in [5.74, 6) is -0.762. The Balaban J connectivity index is 2.05. The fraction of sp³-hybridized carbons (Fsp3) is 0.364. The van der Waals surface area contributed by atoms with Crippen molar-refractivity contribution in [3.05, 3.63) is 22.4 Å². The quantitative estimate of drug-likeness (QED) is 0.620. The number of piperazine rings is 1. The van der Waals surface area contributed by atoms with Gasteiger partial charge in [0.25, 0.3) is 0 Å². The molecule has 2 heterocycles. The fourth-order valence-electron chi connectivity index (χ4n) is 1.66. The van der Waals surface area contributed by atoms with Crippen LogP contribution in [0.1, 0.15) is 16.6 Å². The average Bonchev–Trinajstić information content (AvgIpc) is 2.78. The van der Waals surface area contributed by atoms with Crippen molar-refractivity contribution in [3.63, 3.8) is 0 Å². The zero-order chi connectivity index (χ0) is 12.4. The van der Waals surface area contributed by atoms with Crippen LogP contribution in [0.15, 0.2) is 17.5 Å². The first-order valence-corrected chi connectivity index (χ1v) is 6.10. The predicted octanol–water partition coefficient (Wildman–Crippen LogP) is 0.278. The monoisotopic (exact) mass is 252 g/mol. The zero-order valence-corrected chi connectivity index (χ0v) is 10.1. The van der Waals surface area contributed by atoms with E-state index in [4.69, 9.17) is 0 Å². The molecule has 17 heavy (non-hydrogen) atoms. The average molecular weight is 252 g/mol. The molecule has 90 valence electrons. The molecule has 0 aromatic carbocycles. The van der Waals surface area contributed by atoms with Crippen LogP contribution in [-0.2, 0) is 9.59 Å². The van der Waals surface area contributed by atoms with Crippen molar-refractivity contribution in [3.8, 4) is 0 Å². The molecule has 1 fully saturated rings. The minimum absolute atomic E-state index is 0.0608. The van der Waals surface area contributed by atoms with Gasteiger partial charge in [0.05, 0.1) is 24.0 Å². The molecule has 1 aliphatic rings. The summed E-state index contributed by atoms with van der Waals surface area (Å²) in [6.45, 7) is 1.87. The highest BCUT2D eigenvalue weighted by Gasteiger charge is 2.31. The molecule has 0 radical (unpaired) electrons. The summed E-state index contributed by atoms with van der Waals surface area (Å²) in [6.07, 6.45) is 0. The third-order valence-electron chi connectivity index (χ3n) is 2.68. The lowest BCUT2D eigenvalue weighted by molar-refractivity contribution is -0.139. The first-order valence-electron chi connectivity index (χ1n) is 5.22. The first kappa shape index (κ1) is 11.9. The topological polar surface area (TPSA) is 66.5 Å². The number of nitrogens with zero attached hydrogens (tertiary/aromatic N) is 1. The van der Waals surface area contributed by atoms with E-state index in [0.717, 1.165) is 0 Å². The minimum Gasteiger partial charge on any atom is -0.294 e. The summed E-state index contributed by atoms with van der Waals surface area (Å²) >= 11 is 1.36. The Morgan fingerprint density at radius 3 is 3.00 bits per heavy atom. The molecule has 1 aliphatic heterocycles. The van der Waals surface area contributed by atoms with E-state index in [0.29, 0.717) is 4.88 Å². The minimum atomic E-state index is -0.448. The number of hydrogen-bond donors (Lipinski definition) is 1. The summed E-state index contributed by atoms with van der Waals surface area (Å²) in [7, 11) is 0. The van der Waals surface area contributed by atoms with Crippen LogP contribution in [0.25, 0.3) is 0 Å². The molecule has 2 amide bonds. The normalized spacial score (nSPS) is 21.4. The van der Waals surface area contributed by atoms with Crippen LogP contribution in [0, 0.1) is 0 Å². The Morgan fingerprint density at radius 2 is 2.35 bits per heavy atom. The Bertz CT molecular complexity index is 455. The van der Waals surface area contributed by atoms with Crippen molar-refractivity contribution < 1.29 is 14.4 Å². The largest absolute Gasteiger partial charge is 0.294 e. The van der Waals surface area contributed by atoms with Crippen LogP contribution < -0.4 is 5.32 Å². The molecule has 5 nitrogen and oxygen atoms in total. The second-order valence-corrected chi connectivity index (χ2v) is 4.84. The number of hydrogen-bond acceptors (Lipinski definition) is 5. The number of rotatable bonds is 3. The van der Waals surface area contributed by atoms with Gasteiger partial charge in [0.2, 0.25) is 11.8 Å². The molecular formula is C11H12N2O3S. The van der Waals surface area contributed by atoms with Gasteiger partial charge < -0.3 is 0 Å². The van der Waals surface area contributed by atoms with Crippen molar-refractivity contribution in [2.24, 2.45) is 0 Å². The van der Waals surface area contributed by atoms with Crippen LogP contribution in [0.3, 0.4) is 0 Å². The standard InChI is InChI=1S/C11H12N2O3S/c1-7-11(16)12-10(15)6-13(7)5-8(14)9-3-2-4-17-9/h2-4,7H,5-6H2,1H3,(H,12,15,16). The number of ketones is 1. The number of carbonyl (C=O) groups excluding carboxylic acids is 3. The van der Waals surface area contributed by atoms with Crippen molar-refractivity contribution >= 4 is 28.9 Å². The number of carbonyl (C=O) groups is 3. The molecule has 1 aromatic heterocycles. The van der Waals surface area contributed by atoms with Gasteiger partial charge in [-0.15, -0.1) is 11.3 Å². The summed E-state index contributed by atoms with van der Waals surface area (Å²) in [6, 6.07) is 3.09. The molecular weight excluding hydrogens is 240 g/mol. The maximum Gasteiger partial charge on any atom is 0.243 e. The molecule has 1 atom stereocenters. The maximum atomic E-state index is 11.9. The van der Waals surface area contributed by atoms with Gasteiger partial charge in [-0.1, -0.05) is 6.07 Å². The van der Waals surface area contributed by atoms with Crippen molar-refractivity contribution in [2.75, 3.05) is 13.1 Å². The predicted molar refractivity (Wildman–Crippen MR) is 62.8 cm³/mol. The highest BCUT2D eigenvalue weighted by Crippen LogP contribution is 2.12. The molecule has 0 spiro atoms. The molecule has 1 saturated heterocycles. The second-order valence-electron chi connectivity index (χ2n) is 3.89. The number of amides is 2. The van der Waals surface area contributed by atoms with Crippen molar-refractivity contribution in [2.45, 2.75) is 13.0 Å². The third kappa shape index (κ3) is 2.59. The van der Waals surface area contributed by atoms with Crippen LogP contribution in [-0.4, -0.2) is 41.6 Å². The molecule has 6 heteroatoms. The maximum absolute atomic E-state index is 11.9. The van der Waals surface area contributed by atoms with E-state index in [-0.39, 0.29) is 30.7 Å². The van der Waals surface area contributed by atoms with Gasteiger partial charge in [0.1, 0.15) is 0 Å². The lowest BCUT2D eigenvalue weighted by Gasteiger charge is -2.30. The van der Waals surface area contributed by atoms with E-state index >= 15 is 0 Å². The van der Waals surface area contributed by atoms with Crippen LogP contribution in [0.4, 0.5) is 0 Å². The Hall–Kier alpha value is -1.53. The third-order valence-corrected chi connectivity index (χ3v) is 3.59. The molecule has 1 unspecified atom stereocenters. The first-order chi connectivity index (χ1) is 8.08. The number of thiophene rings is 1. The fourth-order valence-corrected chi connectivity index (χ4v) is 2.32. The van der Waals surface area contributed by atoms with Crippen LogP contribution in [0.2, 0.25) is 0 Å². The van der Waals surface area contributed by atoms with E-state index in [1.54, 1.807) is 24.0 Å². The Morgan fingerprint density at radius 1 is 1.59 bits per heavy atom. The van der Waals surface area contributed by atoms with Gasteiger partial charge >= 0.3 is 0 Å². The van der Waals surface area contributed by atoms with E-state index in [9.17, 15) is 14.4 Å². The molecule has 2 rings (SSSR count). The van der Waals surface area contributed by atoms with Gasteiger partial charge in [-0.2, -0.15) is 0 Å². The van der Waals surface area contributed by atoms with Crippen LogP contribution in [0.5, 0.6) is 0 Å². The summed E-state index contributed by atoms with van der Waals surface area (Å²) in [4.78, 5) is 36.7. The second kappa shape index (κ2) is 4.77. The van der Waals surface area contributed by atoms with Gasteiger partial charge in [-0.3, -0.25) is 24.6 Å². The van der Waals surface area contributed by atoms with E-state index in [1.165, 1.54) is 11.3 Å². The molecule has 0 saturated carbocycles. The van der Waals surface area contributed by atoms with Gasteiger partial charge in [0, 0.05) is 0 Å². The van der Waals surface area contributed by atoms with E-state index in [1.807, 2.05) is 5.38 Å². The van der Waals surface area contributed by atoms with Crippen LogP contribution >= 0.6 is 11.3 Å². The number of Topliss-reactive ketones (excluding diaryl/α,β-unsaturated/α-hetero) is 1. The van der Waals surface area contributed by atoms with Crippen molar-refractivity contribution in [1.82, 2.24) is 10.2 Å². The number of imide groups is 1. The molecule has 1 N–H and O–H groups in total. The molecule has 0 aliphatic carbocycles. The molecule has 1 aromatic rings. The van der Waals surface area contributed by atoms with Gasteiger partial charge in [-0.05, 0) is 18.4 Å². The zero-order valence-electron chi connectivity index (χ0n) is 9.30. The van der Waals surface area contributed by atoms with Crippen molar-refractivity contribution in [1.29, 1.82) is 0 Å². The lowest BCUT2D eigenvalue weighted by atomic mass is 10.2. The SMILES string of the molecule is CC1C(=O)NC(=O)CN1CC(=O)c1cccs1. The summed E-state index contributed by atoms with van der Waals surface area (Å²) in [5, 5.41) is 4.06. The lowest BCUT2D eigenvalue weighted by Crippen LogP contribution is -2.57. The highest BCUT2D eigenvalue weighted by atomic mass is 32.1. The van der Waals surface area contributed by atoms with Gasteiger partial charge in [0.15, 0.2) is 5.78 Å². The van der Waals surface area contributed by atoms with E-state index in [2.05, 4.69) is 5.32 Å². The van der Waals surface area contributed by atoms with Gasteiger partial charge in [-0.25, -0.2) is 0 Å². The number of nitrogens with one attached hydrogen (secondary N) is 1. The molecule has 0 bridgehead atoms. The Kier molecular flexibility index (Phi) is 3.35. The van der Waals surface area contributed by atoms with E-state index < -0.39 is 6.04 Å². The Labute approximate surface area is 102 Å². The summed E-state index contributed by atoms with van der Waals surface area (Å²) in [5.41, 5.74) is 0.